The molecule has 24 heavy (non-hydrogen) atoms. The molecular weight excluding hydrogens is 324 g/mol. The van der Waals surface area contributed by atoms with E-state index in [1.54, 1.807) is 6.20 Å². The van der Waals surface area contributed by atoms with Crippen LogP contribution < -0.4 is 14.7 Å². The van der Waals surface area contributed by atoms with Crippen LogP contribution in [0.1, 0.15) is 13.8 Å². The van der Waals surface area contributed by atoms with Gasteiger partial charge in [0.15, 0.2) is 5.82 Å². The lowest BCUT2D eigenvalue weighted by Gasteiger charge is -2.36. The highest BCUT2D eigenvalue weighted by atomic mass is 35.5. The van der Waals surface area contributed by atoms with Crippen LogP contribution in [0.3, 0.4) is 0 Å². The molecule has 1 saturated heterocycles. The Labute approximate surface area is 148 Å². The second-order valence-corrected chi connectivity index (χ2v) is 6.18. The lowest BCUT2D eigenvalue weighted by Crippen LogP contribution is -2.47. The van der Waals surface area contributed by atoms with Crippen molar-refractivity contribution in [1.82, 2.24) is 15.2 Å². The van der Waals surface area contributed by atoms with Crippen molar-refractivity contribution in [2.45, 2.75) is 13.8 Å². The number of piperazine rings is 1. The molecule has 0 saturated carbocycles. The summed E-state index contributed by atoms with van der Waals surface area (Å²) in [6.07, 6.45) is 1.75. The van der Waals surface area contributed by atoms with Gasteiger partial charge in [-0.3, -0.25) is 0 Å². The van der Waals surface area contributed by atoms with E-state index < -0.39 is 0 Å². The lowest BCUT2D eigenvalue weighted by atomic mass is 10.2. The number of anilines is 3. The molecule has 0 bridgehead atoms. The molecule has 1 fully saturated rings. The molecule has 0 radical (unpaired) electrons. The van der Waals surface area contributed by atoms with E-state index in [2.05, 4.69) is 49.8 Å². The number of hydrogen-bond donors (Lipinski definition) is 0. The second-order valence-electron chi connectivity index (χ2n) is 5.74. The summed E-state index contributed by atoms with van der Waals surface area (Å²) >= 11 is 6.10. The summed E-state index contributed by atoms with van der Waals surface area (Å²) < 4.78 is 0. The maximum absolute atomic E-state index is 6.10. The van der Waals surface area contributed by atoms with Gasteiger partial charge in [0.05, 0.1) is 6.20 Å². The summed E-state index contributed by atoms with van der Waals surface area (Å²) in [5, 5.41) is 9.08. The number of halogens is 1. The second kappa shape index (κ2) is 7.66. The van der Waals surface area contributed by atoms with Gasteiger partial charge in [-0.1, -0.05) is 17.7 Å². The smallest absolute Gasteiger partial charge is 0.247 e. The molecule has 0 unspecified atom stereocenters. The molecule has 6 nitrogen and oxygen atoms in total. The van der Waals surface area contributed by atoms with Crippen molar-refractivity contribution >= 4 is 29.1 Å². The molecule has 2 heterocycles. The van der Waals surface area contributed by atoms with Gasteiger partial charge in [0.2, 0.25) is 5.95 Å². The summed E-state index contributed by atoms with van der Waals surface area (Å²) in [4.78, 5) is 11.4. The molecule has 2 aromatic rings. The number of rotatable bonds is 5. The van der Waals surface area contributed by atoms with E-state index in [1.807, 2.05) is 18.2 Å². The molecular formula is C17H23ClN6. The van der Waals surface area contributed by atoms with Gasteiger partial charge in [-0.05, 0) is 32.0 Å². The first kappa shape index (κ1) is 16.8. The quantitative estimate of drug-likeness (QED) is 0.829. The Kier molecular flexibility index (Phi) is 5.35. The Morgan fingerprint density at radius 3 is 2.46 bits per heavy atom. The van der Waals surface area contributed by atoms with Gasteiger partial charge in [-0.2, -0.15) is 10.1 Å². The van der Waals surface area contributed by atoms with E-state index in [4.69, 9.17) is 11.6 Å². The maximum atomic E-state index is 6.10. The van der Waals surface area contributed by atoms with Crippen LogP contribution in [-0.2, 0) is 0 Å². The van der Waals surface area contributed by atoms with E-state index >= 15 is 0 Å². The van der Waals surface area contributed by atoms with Gasteiger partial charge < -0.3 is 14.7 Å². The molecule has 1 aromatic heterocycles. The number of hydrogen-bond acceptors (Lipinski definition) is 6. The molecule has 1 aromatic carbocycles. The highest BCUT2D eigenvalue weighted by molar-refractivity contribution is 6.30. The molecule has 0 amide bonds. The first-order chi connectivity index (χ1) is 11.7. The van der Waals surface area contributed by atoms with Crippen molar-refractivity contribution < 1.29 is 0 Å². The molecule has 0 spiro atoms. The predicted octanol–water partition coefficient (Wildman–Crippen LogP) is 2.70. The van der Waals surface area contributed by atoms with E-state index in [1.165, 1.54) is 5.69 Å². The minimum absolute atomic E-state index is 0.703. The monoisotopic (exact) mass is 346 g/mol. The topological polar surface area (TPSA) is 48.4 Å². The highest BCUT2D eigenvalue weighted by Crippen LogP contribution is 2.22. The van der Waals surface area contributed by atoms with E-state index in [0.717, 1.165) is 50.1 Å². The molecule has 3 rings (SSSR count). The zero-order valence-corrected chi connectivity index (χ0v) is 14.9. The fourth-order valence-electron chi connectivity index (χ4n) is 2.95. The van der Waals surface area contributed by atoms with Crippen LogP contribution in [0.4, 0.5) is 17.5 Å². The Morgan fingerprint density at radius 2 is 1.79 bits per heavy atom. The van der Waals surface area contributed by atoms with Gasteiger partial charge in [0, 0.05) is 50.0 Å². The third-order valence-electron chi connectivity index (χ3n) is 4.36. The summed E-state index contributed by atoms with van der Waals surface area (Å²) in [6, 6.07) is 8.02. The first-order valence-corrected chi connectivity index (χ1v) is 8.79. The lowest BCUT2D eigenvalue weighted by molar-refractivity contribution is 0.642. The minimum atomic E-state index is 0.703. The van der Waals surface area contributed by atoms with E-state index in [0.29, 0.717) is 5.95 Å². The molecule has 7 heteroatoms. The van der Waals surface area contributed by atoms with Crippen molar-refractivity contribution in [2.24, 2.45) is 0 Å². The standard InChI is InChI=1S/C17H23ClN6/c1-3-22(4-2)17-20-16(13-19-21-17)24-10-8-23(9-11-24)15-7-5-6-14(18)12-15/h5-7,12-13H,3-4,8-11H2,1-2H3. The maximum Gasteiger partial charge on any atom is 0.247 e. The van der Waals surface area contributed by atoms with Crippen LogP contribution in [0.2, 0.25) is 5.02 Å². The Hall–Kier alpha value is -2.08. The third-order valence-corrected chi connectivity index (χ3v) is 4.59. The number of benzene rings is 1. The predicted molar refractivity (Wildman–Crippen MR) is 99.3 cm³/mol. The molecule has 1 aliphatic rings. The summed E-state index contributed by atoms with van der Waals surface area (Å²) in [7, 11) is 0. The largest absolute Gasteiger partial charge is 0.368 e. The van der Waals surface area contributed by atoms with Gasteiger partial charge in [0.25, 0.3) is 0 Å². The van der Waals surface area contributed by atoms with Crippen LogP contribution in [0.5, 0.6) is 0 Å². The fourth-order valence-corrected chi connectivity index (χ4v) is 3.13. The summed E-state index contributed by atoms with van der Waals surface area (Å²) in [5.41, 5.74) is 1.17. The molecule has 0 N–H and O–H groups in total. The van der Waals surface area contributed by atoms with Crippen molar-refractivity contribution in [3.05, 3.63) is 35.5 Å². The fraction of sp³-hybridized carbons (Fsp3) is 0.471. The third kappa shape index (κ3) is 3.70. The zero-order valence-electron chi connectivity index (χ0n) is 14.2. The summed E-state index contributed by atoms with van der Waals surface area (Å²) in [5.74, 6) is 1.60. The number of aromatic nitrogens is 3. The van der Waals surface area contributed by atoms with Crippen LogP contribution in [0.15, 0.2) is 30.5 Å². The number of nitrogens with zero attached hydrogens (tertiary/aromatic N) is 6. The van der Waals surface area contributed by atoms with Gasteiger partial charge in [0.1, 0.15) is 0 Å². The minimum Gasteiger partial charge on any atom is -0.368 e. The van der Waals surface area contributed by atoms with Crippen LogP contribution >= 0.6 is 11.6 Å². The Bertz CT molecular complexity index is 668. The Morgan fingerprint density at radius 1 is 1.08 bits per heavy atom. The van der Waals surface area contributed by atoms with Crippen LogP contribution in [0.25, 0.3) is 0 Å². The average Bonchev–Trinajstić information content (AvgIpc) is 2.63. The van der Waals surface area contributed by atoms with Crippen LogP contribution in [0, 0.1) is 0 Å². The molecule has 0 aliphatic carbocycles. The van der Waals surface area contributed by atoms with E-state index in [-0.39, 0.29) is 0 Å². The Balaban J connectivity index is 1.67. The molecule has 1 aliphatic heterocycles. The van der Waals surface area contributed by atoms with Gasteiger partial charge in [-0.15, -0.1) is 5.10 Å². The zero-order chi connectivity index (χ0) is 16.9. The van der Waals surface area contributed by atoms with Crippen molar-refractivity contribution in [3.8, 4) is 0 Å². The van der Waals surface area contributed by atoms with Crippen molar-refractivity contribution in [2.75, 3.05) is 54.0 Å². The average molecular weight is 347 g/mol. The van der Waals surface area contributed by atoms with Gasteiger partial charge in [-0.25, -0.2) is 0 Å². The van der Waals surface area contributed by atoms with Crippen molar-refractivity contribution in [3.63, 3.8) is 0 Å². The van der Waals surface area contributed by atoms with Gasteiger partial charge >= 0.3 is 0 Å². The first-order valence-electron chi connectivity index (χ1n) is 8.41. The van der Waals surface area contributed by atoms with Crippen LogP contribution in [-0.4, -0.2) is 54.4 Å². The molecule has 0 atom stereocenters. The molecule has 128 valence electrons. The SMILES string of the molecule is CCN(CC)c1nncc(N2CCN(c3cccc(Cl)c3)CC2)n1. The normalized spacial score (nSPS) is 14.8. The highest BCUT2D eigenvalue weighted by Gasteiger charge is 2.20. The summed E-state index contributed by atoms with van der Waals surface area (Å²) in [6.45, 7) is 9.64. The van der Waals surface area contributed by atoms with Crippen molar-refractivity contribution in [1.29, 1.82) is 0 Å². The van der Waals surface area contributed by atoms with E-state index in [9.17, 15) is 0 Å².